The summed E-state index contributed by atoms with van der Waals surface area (Å²) in [7, 11) is 0. The van der Waals surface area contributed by atoms with Gasteiger partial charge in [-0.05, 0) is 52.4 Å². The molecule has 1 amide bonds. The predicted octanol–water partition coefficient (Wildman–Crippen LogP) is 4.13. The second-order valence-electron chi connectivity index (χ2n) is 5.17. The molecule has 19 heavy (non-hydrogen) atoms. The summed E-state index contributed by atoms with van der Waals surface area (Å²) in [4.78, 5) is 14.0. The van der Waals surface area contributed by atoms with E-state index in [1.807, 2.05) is 4.90 Å². The highest BCUT2D eigenvalue weighted by molar-refractivity contribution is 9.10. The van der Waals surface area contributed by atoms with Crippen LogP contribution in [0.3, 0.4) is 0 Å². The standard InChI is InChI=1S/C15H19BrFNO/c1-2-11-4-6-15(19)18(8-7-11)10-12-3-5-14(17)13(16)9-12/h3,5,9,11H,2,4,6-8,10H2,1H3. The Kier molecular flexibility index (Phi) is 4.97. The minimum atomic E-state index is -0.267. The Morgan fingerprint density at radius 1 is 1.42 bits per heavy atom. The molecular weight excluding hydrogens is 309 g/mol. The Labute approximate surface area is 122 Å². The molecule has 0 bridgehead atoms. The van der Waals surface area contributed by atoms with Crippen LogP contribution >= 0.6 is 15.9 Å². The van der Waals surface area contributed by atoms with E-state index in [1.165, 1.54) is 6.07 Å². The molecule has 1 aromatic carbocycles. The van der Waals surface area contributed by atoms with Crippen LogP contribution in [-0.2, 0) is 11.3 Å². The number of amides is 1. The highest BCUT2D eigenvalue weighted by Crippen LogP contribution is 2.23. The molecule has 0 saturated carbocycles. The van der Waals surface area contributed by atoms with Crippen LogP contribution in [0.25, 0.3) is 0 Å². The summed E-state index contributed by atoms with van der Waals surface area (Å²) in [6, 6.07) is 4.94. The second kappa shape index (κ2) is 6.51. The third-order valence-corrected chi connectivity index (χ3v) is 4.47. The van der Waals surface area contributed by atoms with Crippen LogP contribution < -0.4 is 0 Å². The van der Waals surface area contributed by atoms with Crippen molar-refractivity contribution < 1.29 is 9.18 Å². The number of hydrogen-bond acceptors (Lipinski definition) is 1. The topological polar surface area (TPSA) is 20.3 Å². The van der Waals surface area contributed by atoms with Gasteiger partial charge in [0, 0.05) is 19.5 Å². The molecule has 4 heteroatoms. The van der Waals surface area contributed by atoms with Crippen molar-refractivity contribution in [2.45, 2.75) is 39.2 Å². The van der Waals surface area contributed by atoms with Gasteiger partial charge < -0.3 is 4.90 Å². The van der Waals surface area contributed by atoms with Gasteiger partial charge in [0.2, 0.25) is 5.91 Å². The molecule has 0 radical (unpaired) electrons. The largest absolute Gasteiger partial charge is 0.338 e. The first-order valence-corrected chi connectivity index (χ1v) is 7.61. The average molecular weight is 328 g/mol. The van der Waals surface area contributed by atoms with Crippen molar-refractivity contribution in [3.63, 3.8) is 0 Å². The zero-order valence-electron chi connectivity index (χ0n) is 11.2. The summed E-state index contributed by atoms with van der Waals surface area (Å²) < 4.78 is 13.6. The summed E-state index contributed by atoms with van der Waals surface area (Å²) in [5, 5.41) is 0. The lowest BCUT2D eigenvalue weighted by atomic mass is 9.98. The van der Waals surface area contributed by atoms with Gasteiger partial charge in [-0.2, -0.15) is 0 Å². The van der Waals surface area contributed by atoms with Crippen molar-refractivity contribution in [3.8, 4) is 0 Å². The number of benzene rings is 1. The van der Waals surface area contributed by atoms with E-state index in [4.69, 9.17) is 0 Å². The van der Waals surface area contributed by atoms with Crippen LogP contribution in [-0.4, -0.2) is 17.4 Å². The highest BCUT2D eigenvalue weighted by Gasteiger charge is 2.21. The summed E-state index contributed by atoms with van der Waals surface area (Å²) in [5.41, 5.74) is 0.969. The third-order valence-electron chi connectivity index (χ3n) is 3.86. The van der Waals surface area contributed by atoms with E-state index >= 15 is 0 Å². The maximum absolute atomic E-state index is 13.2. The fraction of sp³-hybridized carbons (Fsp3) is 0.533. The first-order valence-electron chi connectivity index (χ1n) is 6.82. The molecule has 1 unspecified atom stereocenters. The molecule has 2 rings (SSSR count). The van der Waals surface area contributed by atoms with Gasteiger partial charge >= 0.3 is 0 Å². The lowest BCUT2D eigenvalue weighted by Gasteiger charge is -2.21. The smallest absolute Gasteiger partial charge is 0.222 e. The van der Waals surface area contributed by atoms with Crippen LogP contribution in [0, 0.1) is 11.7 Å². The fourth-order valence-electron chi connectivity index (χ4n) is 2.53. The normalized spacial score (nSPS) is 20.5. The van der Waals surface area contributed by atoms with E-state index in [-0.39, 0.29) is 11.7 Å². The number of hydrogen-bond donors (Lipinski definition) is 0. The molecule has 0 aliphatic carbocycles. The zero-order valence-corrected chi connectivity index (χ0v) is 12.7. The number of likely N-dealkylation sites (tertiary alicyclic amines) is 1. The average Bonchev–Trinajstić information content (AvgIpc) is 2.57. The fourth-order valence-corrected chi connectivity index (χ4v) is 2.95. The van der Waals surface area contributed by atoms with Gasteiger partial charge in [-0.3, -0.25) is 4.79 Å². The molecule has 104 valence electrons. The van der Waals surface area contributed by atoms with Crippen molar-refractivity contribution in [2.75, 3.05) is 6.54 Å². The quantitative estimate of drug-likeness (QED) is 0.817. The van der Waals surface area contributed by atoms with E-state index in [2.05, 4.69) is 22.9 Å². The monoisotopic (exact) mass is 327 g/mol. The van der Waals surface area contributed by atoms with Crippen LogP contribution in [0.2, 0.25) is 0 Å². The second-order valence-corrected chi connectivity index (χ2v) is 6.02. The molecule has 1 heterocycles. The Morgan fingerprint density at radius 3 is 2.89 bits per heavy atom. The first-order chi connectivity index (χ1) is 9.10. The maximum Gasteiger partial charge on any atom is 0.222 e. The van der Waals surface area contributed by atoms with E-state index in [0.29, 0.717) is 23.4 Å². The Morgan fingerprint density at radius 2 is 2.21 bits per heavy atom. The molecule has 0 aromatic heterocycles. The molecule has 1 saturated heterocycles. The van der Waals surface area contributed by atoms with Crippen LogP contribution in [0.15, 0.2) is 22.7 Å². The Balaban J connectivity index is 2.04. The van der Waals surface area contributed by atoms with E-state index in [0.717, 1.165) is 31.4 Å². The molecule has 1 fully saturated rings. The number of halogens is 2. The van der Waals surface area contributed by atoms with Crippen LogP contribution in [0.4, 0.5) is 4.39 Å². The third kappa shape index (κ3) is 3.78. The van der Waals surface area contributed by atoms with Gasteiger partial charge in [0.15, 0.2) is 0 Å². The number of carbonyl (C=O) groups is 1. The van der Waals surface area contributed by atoms with Crippen molar-refractivity contribution in [3.05, 3.63) is 34.1 Å². The summed E-state index contributed by atoms with van der Waals surface area (Å²) in [5.74, 6) is 0.613. The van der Waals surface area contributed by atoms with Gasteiger partial charge in [0.1, 0.15) is 5.82 Å². The highest BCUT2D eigenvalue weighted by atomic mass is 79.9. The molecule has 2 nitrogen and oxygen atoms in total. The minimum Gasteiger partial charge on any atom is -0.338 e. The number of nitrogens with zero attached hydrogens (tertiary/aromatic N) is 1. The lowest BCUT2D eigenvalue weighted by Crippen LogP contribution is -2.29. The number of carbonyl (C=O) groups excluding carboxylic acids is 1. The molecule has 1 aromatic rings. The van der Waals surface area contributed by atoms with Gasteiger partial charge in [-0.25, -0.2) is 4.39 Å². The van der Waals surface area contributed by atoms with E-state index in [1.54, 1.807) is 12.1 Å². The minimum absolute atomic E-state index is 0.219. The molecule has 1 atom stereocenters. The summed E-state index contributed by atoms with van der Waals surface area (Å²) in [6.45, 7) is 3.57. The van der Waals surface area contributed by atoms with Crippen molar-refractivity contribution >= 4 is 21.8 Å². The van der Waals surface area contributed by atoms with Gasteiger partial charge in [-0.1, -0.05) is 19.4 Å². The number of rotatable bonds is 3. The zero-order chi connectivity index (χ0) is 13.8. The summed E-state index contributed by atoms with van der Waals surface area (Å²) in [6.07, 6.45) is 3.85. The molecule has 0 N–H and O–H groups in total. The molecule has 0 spiro atoms. The lowest BCUT2D eigenvalue weighted by molar-refractivity contribution is -0.131. The van der Waals surface area contributed by atoms with Crippen molar-refractivity contribution in [1.29, 1.82) is 0 Å². The molecule has 1 aliphatic rings. The van der Waals surface area contributed by atoms with E-state index in [9.17, 15) is 9.18 Å². The maximum atomic E-state index is 13.2. The SMILES string of the molecule is CCC1CCC(=O)N(Cc2ccc(F)c(Br)c2)CC1. The van der Waals surface area contributed by atoms with Gasteiger partial charge in [0.25, 0.3) is 0 Å². The molecule has 1 aliphatic heterocycles. The predicted molar refractivity (Wildman–Crippen MR) is 77.1 cm³/mol. The van der Waals surface area contributed by atoms with Crippen LogP contribution in [0.1, 0.15) is 38.2 Å². The van der Waals surface area contributed by atoms with Crippen LogP contribution in [0.5, 0.6) is 0 Å². The van der Waals surface area contributed by atoms with E-state index < -0.39 is 0 Å². The van der Waals surface area contributed by atoms with Crippen molar-refractivity contribution in [2.24, 2.45) is 5.92 Å². The van der Waals surface area contributed by atoms with Gasteiger partial charge in [0.05, 0.1) is 4.47 Å². The van der Waals surface area contributed by atoms with Gasteiger partial charge in [-0.15, -0.1) is 0 Å². The Bertz CT molecular complexity index is 463. The Hall–Kier alpha value is -0.900. The summed E-state index contributed by atoms with van der Waals surface area (Å²) >= 11 is 3.18. The first kappa shape index (κ1) is 14.5. The molecular formula is C15H19BrFNO. The van der Waals surface area contributed by atoms with Crippen molar-refractivity contribution in [1.82, 2.24) is 4.90 Å².